The molecule has 0 amide bonds. The van der Waals surface area contributed by atoms with E-state index in [0.717, 1.165) is 7.05 Å². The van der Waals surface area contributed by atoms with Crippen molar-refractivity contribution in [3.8, 4) is 0 Å². The van der Waals surface area contributed by atoms with Crippen molar-refractivity contribution in [1.29, 1.82) is 0 Å². The largest absolute Gasteiger partial charge is 0.668 e. The van der Waals surface area contributed by atoms with Gasteiger partial charge in [-0.05, 0) is 0 Å². The fourth-order valence-corrected chi connectivity index (χ4v) is 0.940. The van der Waals surface area contributed by atoms with Crippen LogP contribution in [0.2, 0.25) is 0 Å². The van der Waals surface area contributed by atoms with E-state index >= 15 is 0 Å². The first-order valence-electron chi connectivity index (χ1n) is 7.24. The van der Waals surface area contributed by atoms with E-state index in [1.165, 1.54) is 11.1 Å². The molecule has 0 bridgehead atoms. The van der Waals surface area contributed by atoms with Gasteiger partial charge < -0.3 is 10.6 Å². The molecule has 0 aliphatic carbocycles. The van der Waals surface area contributed by atoms with Gasteiger partial charge in [-0.15, -0.1) is 0 Å². The molecule has 0 saturated heterocycles. The van der Waals surface area contributed by atoms with Gasteiger partial charge in [0.25, 0.3) is 0 Å². The molecule has 5 nitrogen and oxygen atoms in total. The molecule has 2 aromatic rings. The second-order valence-corrected chi connectivity index (χ2v) is 4.49. The van der Waals surface area contributed by atoms with Gasteiger partial charge in [-0.3, -0.25) is 10.1 Å². The van der Waals surface area contributed by atoms with Crippen LogP contribution in [0.15, 0.2) is 48.5 Å². The van der Waals surface area contributed by atoms with Crippen molar-refractivity contribution in [1.82, 2.24) is 0 Å². The quantitative estimate of drug-likeness (QED) is 0.234. The van der Waals surface area contributed by atoms with E-state index in [0.29, 0.717) is 0 Å². The Morgan fingerprint density at radius 2 is 0.893 bits per heavy atom. The summed E-state index contributed by atoms with van der Waals surface area (Å²) in [5, 5.41) is 15.8. The van der Waals surface area contributed by atoms with Crippen LogP contribution in [0.1, 0.15) is 26.0 Å². The zero-order valence-corrected chi connectivity index (χ0v) is 22.6. The maximum Gasteiger partial charge on any atom is 0.194 e. The van der Waals surface area contributed by atoms with Gasteiger partial charge in [0.05, 0.1) is 0 Å². The first-order valence-corrected chi connectivity index (χ1v) is 7.24. The van der Waals surface area contributed by atoms with Gasteiger partial charge in [0.1, 0.15) is 0 Å². The van der Waals surface area contributed by atoms with E-state index in [1.54, 1.807) is 28.2 Å². The van der Waals surface area contributed by atoms with E-state index < -0.39 is 4.92 Å². The zero-order chi connectivity index (χ0) is 19.2. The molecule has 2 rings (SSSR count). The fourth-order valence-electron chi connectivity index (χ4n) is 0.940. The van der Waals surface area contributed by atoms with Crippen molar-refractivity contribution < 1.29 is 70.3 Å². The van der Waals surface area contributed by atoms with Crippen molar-refractivity contribution in [2.24, 2.45) is 0 Å². The Morgan fingerprint density at radius 3 is 0.964 bits per heavy atom. The van der Waals surface area contributed by atoms with Crippen LogP contribution in [-0.4, -0.2) is 40.2 Å². The summed E-state index contributed by atoms with van der Waals surface area (Å²) in [5.74, 6) is 0. The van der Waals surface area contributed by atoms with Crippen LogP contribution >= 0.6 is 0 Å². The van der Waals surface area contributed by atoms with Crippen molar-refractivity contribution in [3.05, 3.63) is 92.5 Å². The Labute approximate surface area is 224 Å². The Balaban J connectivity index is -0.0000000400. The SMILES string of the molecule is C.C.C[N+](=O)[O-].C[N-]C.C[N-]C.Cc1cc[c-]cc1.Cc1cc[c-]cc1.[Y].[Y]. The van der Waals surface area contributed by atoms with Gasteiger partial charge in [0, 0.05) is 70.3 Å². The molecule has 0 unspecified atom stereocenters. The molecule has 0 saturated carbocycles. The average Bonchev–Trinajstić information content (AvgIpc) is 2.50. The maximum atomic E-state index is 8.81. The molecule has 7 heteroatoms. The van der Waals surface area contributed by atoms with Gasteiger partial charge in [0.15, 0.2) is 7.05 Å². The number of rotatable bonds is 0. The minimum atomic E-state index is -0.500. The zero-order valence-electron chi connectivity index (χ0n) is 16.9. The smallest absolute Gasteiger partial charge is 0.194 e. The summed E-state index contributed by atoms with van der Waals surface area (Å²) >= 11 is 0. The van der Waals surface area contributed by atoms with E-state index in [-0.39, 0.29) is 80.3 Å². The minimum Gasteiger partial charge on any atom is -0.668 e. The number of hydrogen-bond acceptors (Lipinski definition) is 2. The number of nitrogens with zero attached hydrogens (tertiary/aromatic N) is 3. The third-order valence-electron chi connectivity index (χ3n) is 1.77. The van der Waals surface area contributed by atoms with Crippen LogP contribution in [0.3, 0.4) is 0 Å². The van der Waals surface area contributed by atoms with E-state index in [4.69, 9.17) is 10.1 Å². The summed E-state index contributed by atoms with van der Waals surface area (Å²) in [7, 11) is 7.89. The minimum absolute atomic E-state index is 0. The van der Waals surface area contributed by atoms with Crippen molar-refractivity contribution in [2.75, 3.05) is 35.2 Å². The first-order chi connectivity index (χ1) is 11.3. The van der Waals surface area contributed by atoms with Crippen LogP contribution in [-0.2, 0) is 65.4 Å². The van der Waals surface area contributed by atoms with E-state index in [2.05, 4.69) is 36.6 Å². The topological polar surface area (TPSA) is 71.3 Å². The molecule has 0 fully saturated rings. The molecule has 2 radical (unpaired) electrons. The monoisotopic (exact) mass is 541 g/mol. The van der Waals surface area contributed by atoms with Gasteiger partial charge in [-0.1, -0.05) is 28.7 Å². The number of benzene rings is 2. The first kappa shape index (κ1) is 46.3. The van der Waals surface area contributed by atoms with Crippen LogP contribution in [0.4, 0.5) is 0 Å². The standard InChI is InChI=1S/2C7H7.2C2H6N.CH3NO2.2CH4.2Y/c2*1-7-5-3-2-4-6-7;2*1-3-2;1-2(3)4;;;;/h2*3-6H,1H3;2*1-2H3;1H3;2*1H4;;/q4*-1;;;;;. The third kappa shape index (κ3) is 63.5. The molecule has 0 heterocycles. The summed E-state index contributed by atoms with van der Waals surface area (Å²) in [4.78, 5) is 8.31. The van der Waals surface area contributed by atoms with Gasteiger partial charge in [0.2, 0.25) is 0 Å². The Hall–Kier alpha value is -0.0322. The molecule has 0 aliphatic heterocycles. The molecule has 28 heavy (non-hydrogen) atoms. The van der Waals surface area contributed by atoms with Crippen LogP contribution in [0.25, 0.3) is 10.6 Å². The fraction of sp³-hybridized carbons (Fsp3) is 0.429. The van der Waals surface area contributed by atoms with Crippen LogP contribution in [0.5, 0.6) is 0 Å². The Morgan fingerprint density at radius 1 is 0.750 bits per heavy atom. The van der Waals surface area contributed by atoms with Gasteiger partial charge in [-0.25, -0.2) is 0 Å². The Kier molecular flexibility index (Phi) is 68.3. The van der Waals surface area contributed by atoms with Crippen molar-refractivity contribution in [3.63, 3.8) is 0 Å². The number of aryl methyl sites for hydroxylation is 2. The van der Waals surface area contributed by atoms with Crippen LogP contribution < -0.4 is 0 Å². The second-order valence-electron chi connectivity index (χ2n) is 4.49. The third-order valence-corrected chi connectivity index (χ3v) is 1.77. The number of hydrogen-bond donors (Lipinski definition) is 0. The van der Waals surface area contributed by atoms with Gasteiger partial charge >= 0.3 is 0 Å². The number of nitro groups is 1. The summed E-state index contributed by atoms with van der Waals surface area (Å²) in [5.41, 5.74) is 2.58. The normalized spacial score (nSPS) is 6.54. The molecule has 0 atom stereocenters. The van der Waals surface area contributed by atoms with Crippen LogP contribution in [0, 0.1) is 36.1 Å². The summed E-state index contributed by atoms with van der Waals surface area (Å²) in [6.07, 6.45) is 0. The molecule has 0 spiro atoms. The molecule has 2 aromatic carbocycles. The predicted octanol–water partition coefficient (Wildman–Crippen LogP) is 5.99. The second kappa shape index (κ2) is 41.4. The van der Waals surface area contributed by atoms with Gasteiger partial charge in [-0.2, -0.15) is 100.0 Å². The molecule has 158 valence electrons. The van der Waals surface area contributed by atoms with E-state index in [9.17, 15) is 0 Å². The predicted molar refractivity (Wildman–Crippen MR) is 117 cm³/mol. The molecular weight excluding hydrogens is 504 g/mol. The maximum absolute atomic E-state index is 8.81. The summed E-state index contributed by atoms with van der Waals surface area (Å²) < 4.78 is 0. The van der Waals surface area contributed by atoms with Crippen molar-refractivity contribution in [2.45, 2.75) is 28.7 Å². The summed E-state index contributed by atoms with van der Waals surface area (Å²) in [6, 6.07) is 21.6. The molecular formula is C21H37N3O2Y2-4. The summed E-state index contributed by atoms with van der Waals surface area (Å²) in [6.45, 7) is 4.13. The van der Waals surface area contributed by atoms with E-state index in [1.807, 2.05) is 48.5 Å². The molecule has 0 aliphatic rings. The Bertz CT molecular complexity index is 430. The molecule has 0 aromatic heterocycles. The van der Waals surface area contributed by atoms with Crippen molar-refractivity contribution >= 4 is 0 Å². The average molecular weight is 541 g/mol. The molecule has 0 N–H and O–H groups in total.